The molecule has 6 heteroatoms. The number of carbonyl (C=O) groups excluding carboxylic acids is 3. The van der Waals surface area contributed by atoms with Crippen LogP contribution in [0.1, 0.15) is 75.6 Å². The summed E-state index contributed by atoms with van der Waals surface area (Å²) in [5.41, 5.74) is 0.719. The molecule has 1 heterocycles. The van der Waals surface area contributed by atoms with Gasteiger partial charge in [0.05, 0.1) is 12.1 Å². The van der Waals surface area contributed by atoms with Crippen molar-refractivity contribution in [1.82, 2.24) is 16.0 Å². The standard InChI is InChI=1S/C25H37N3O3.C3H6/c1-3-23(26-2)25(31)28-22(18-29)13-8-7-12-20-16-17-21(27-20)14-9-15-24(30)19-10-5-4-6-11-19;1-3-2/h4-6,9-11,15,18,20-23,26-27H,3,7-8,12-14,16-17H2,1-2H3,(H,28,31);3H,1H2,2H3/b15-9+;/t20?,21-,22+,23?;/m1./s1. The van der Waals surface area contributed by atoms with Crippen molar-refractivity contribution in [3.05, 3.63) is 60.7 Å². The van der Waals surface area contributed by atoms with Crippen molar-refractivity contribution >= 4 is 18.0 Å². The van der Waals surface area contributed by atoms with Gasteiger partial charge in [0.2, 0.25) is 5.91 Å². The highest BCUT2D eigenvalue weighted by atomic mass is 16.2. The maximum atomic E-state index is 12.1. The fraction of sp³-hybridized carbons (Fsp3) is 0.536. The maximum Gasteiger partial charge on any atom is 0.237 e. The Kier molecular flexibility index (Phi) is 15.5. The molecule has 3 N–H and O–H groups in total. The Morgan fingerprint density at radius 1 is 1.18 bits per heavy atom. The van der Waals surface area contributed by atoms with Gasteiger partial charge in [-0.05, 0) is 58.6 Å². The molecule has 0 spiro atoms. The van der Waals surface area contributed by atoms with Gasteiger partial charge in [0.15, 0.2) is 5.78 Å². The lowest BCUT2D eigenvalue weighted by molar-refractivity contribution is -0.125. The third-order valence-electron chi connectivity index (χ3n) is 5.97. The van der Waals surface area contributed by atoms with E-state index in [0.29, 0.717) is 24.9 Å². The largest absolute Gasteiger partial charge is 0.345 e. The molecule has 0 aliphatic carbocycles. The molecule has 34 heavy (non-hydrogen) atoms. The molecule has 1 saturated heterocycles. The van der Waals surface area contributed by atoms with E-state index in [-0.39, 0.29) is 17.7 Å². The predicted octanol–water partition coefficient (Wildman–Crippen LogP) is 4.37. The third-order valence-corrected chi connectivity index (χ3v) is 5.97. The lowest BCUT2D eigenvalue weighted by Crippen LogP contribution is -2.47. The summed E-state index contributed by atoms with van der Waals surface area (Å²) in [6.45, 7) is 7.19. The van der Waals surface area contributed by atoms with Crippen LogP contribution >= 0.6 is 0 Å². The number of nitrogens with one attached hydrogen (secondary N) is 3. The number of carbonyl (C=O) groups is 3. The summed E-state index contributed by atoms with van der Waals surface area (Å²) in [6.07, 6.45) is 13.7. The van der Waals surface area contributed by atoms with Crippen molar-refractivity contribution in [3.63, 3.8) is 0 Å². The van der Waals surface area contributed by atoms with Gasteiger partial charge in [0.25, 0.3) is 0 Å². The van der Waals surface area contributed by atoms with Gasteiger partial charge in [0, 0.05) is 17.6 Å². The van der Waals surface area contributed by atoms with E-state index >= 15 is 0 Å². The fourth-order valence-electron chi connectivity index (χ4n) is 4.09. The van der Waals surface area contributed by atoms with E-state index in [2.05, 4.69) is 22.5 Å². The Bertz CT molecular complexity index is 759. The first-order valence-corrected chi connectivity index (χ1v) is 12.5. The first-order chi connectivity index (χ1) is 16.5. The summed E-state index contributed by atoms with van der Waals surface area (Å²) in [4.78, 5) is 35.5. The average molecular weight is 470 g/mol. The van der Waals surface area contributed by atoms with E-state index in [9.17, 15) is 14.4 Å². The molecular formula is C28H43N3O3. The molecule has 1 fully saturated rings. The van der Waals surface area contributed by atoms with Crippen molar-refractivity contribution in [2.24, 2.45) is 0 Å². The van der Waals surface area contributed by atoms with Crippen LogP contribution in [0.5, 0.6) is 0 Å². The molecule has 1 aliphatic heterocycles. The number of aldehydes is 1. The van der Waals surface area contributed by atoms with Crippen molar-refractivity contribution in [3.8, 4) is 0 Å². The van der Waals surface area contributed by atoms with Gasteiger partial charge >= 0.3 is 0 Å². The molecule has 4 atom stereocenters. The number of benzene rings is 1. The molecule has 6 nitrogen and oxygen atoms in total. The first kappa shape index (κ1) is 29.5. The quantitative estimate of drug-likeness (QED) is 0.124. The number of unbranched alkanes of at least 4 members (excludes halogenated alkanes) is 1. The molecule has 1 aliphatic rings. The number of hydrogen-bond acceptors (Lipinski definition) is 5. The highest BCUT2D eigenvalue weighted by Gasteiger charge is 2.22. The van der Waals surface area contributed by atoms with Gasteiger partial charge in [0.1, 0.15) is 6.29 Å². The highest BCUT2D eigenvalue weighted by Crippen LogP contribution is 2.20. The van der Waals surface area contributed by atoms with E-state index < -0.39 is 6.04 Å². The first-order valence-electron chi connectivity index (χ1n) is 12.5. The second-order valence-electron chi connectivity index (χ2n) is 8.70. The summed E-state index contributed by atoms with van der Waals surface area (Å²) < 4.78 is 0. The predicted molar refractivity (Wildman–Crippen MR) is 140 cm³/mol. The van der Waals surface area contributed by atoms with Crippen LogP contribution in [0.2, 0.25) is 0 Å². The lowest BCUT2D eigenvalue weighted by Gasteiger charge is -2.18. The minimum absolute atomic E-state index is 0.0481. The van der Waals surface area contributed by atoms with Gasteiger partial charge in [-0.2, -0.15) is 0 Å². The third kappa shape index (κ3) is 11.5. The van der Waals surface area contributed by atoms with Crippen LogP contribution in [0.15, 0.2) is 55.1 Å². The summed E-state index contributed by atoms with van der Waals surface area (Å²) in [7, 11) is 1.75. The van der Waals surface area contributed by atoms with Crippen LogP contribution in [0.25, 0.3) is 0 Å². The van der Waals surface area contributed by atoms with Gasteiger partial charge in [-0.1, -0.05) is 62.2 Å². The Balaban J connectivity index is 0.00000182. The van der Waals surface area contributed by atoms with Gasteiger partial charge in [-0.25, -0.2) is 0 Å². The number of ketones is 1. The molecule has 2 unspecified atom stereocenters. The highest BCUT2D eigenvalue weighted by molar-refractivity contribution is 6.04. The van der Waals surface area contributed by atoms with Crippen LogP contribution in [-0.2, 0) is 9.59 Å². The molecule has 1 amide bonds. The maximum absolute atomic E-state index is 12.1. The monoisotopic (exact) mass is 469 g/mol. The van der Waals surface area contributed by atoms with Crippen LogP contribution in [0.3, 0.4) is 0 Å². The Morgan fingerprint density at radius 3 is 2.47 bits per heavy atom. The van der Waals surface area contributed by atoms with Crippen LogP contribution in [-0.4, -0.2) is 49.2 Å². The molecule has 0 aromatic heterocycles. The molecule has 0 radical (unpaired) electrons. The zero-order valence-electron chi connectivity index (χ0n) is 21.1. The molecule has 1 aromatic carbocycles. The Labute approximate surface area is 205 Å². The minimum Gasteiger partial charge on any atom is -0.345 e. The van der Waals surface area contributed by atoms with Crippen molar-refractivity contribution in [2.75, 3.05) is 7.05 Å². The summed E-state index contributed by atoms with van der Waals surface area (Å²) in [5, 5.41) is 9.45. The normalized spacial score (nSPS) is 19.0. The number of amides is 1. The van der Waals surface area contributed by atoms with Crippen LogP contribution < -0.4 is 16.0 Å². The Morgan fingerprint density at radius 2 is 1.85 bits per heavy atom. The number of allylic oxidation sites excluding steroid dienone is 2. The fourth-order valence-corrected chi connectivity index (χ4v) is 4.09. The smallest absolute Gasteiger partial charge is 0.237 e. The van der Waals surface area contributed by atoms with Gasteiger partial charge in [-0.3, -0.25) is 9.59 Å². The molecule has 1 aromatic rings. The molecule has 0 saturated carbocycles. The van der Waals surface area contributed by atoms with Crippen molar-refractivity contribution in [2.45, 2.75) is 89.4 Å². The summed E-state index contributed by atoms with van der Waals surface area (Å²) >= 11 is 0. The van der Waals surface area contributed by atoms with Crippen molar-refractivity contribution < 1.29 is 14.4 Å². The van der Waals surface area contributed by atoms with Crippen LogP contribution in [0.4, 0.5) is 0 Å². The van der Waals surface area contributed by atoms with E-state index in [1.165, 1.54) is 0 Å². The topological polar surface area (TPSA) is 87.3 Å². The zero-order chi connectivity index (χ0) is 25.2. The van der Waals surface area contributed by atoms with E-state index in [1.807, 2.05) is 50.3 Å². The van der Waals surface area contributed by atoms with Gasteiger partial charge in [-0.15, -0.1) is 6.58 Å². The van der Waals surface area contributed by atoms with Crippen LogP contribution in [0, 0.1) is 0 Å². The Hall–Kier alpha value is -2.57. The van der Waals surface area contributed by atoms with E-state index in [4.69, 9.17) is 0 Å². The minimum atomic E-state index is -0.411. The SMILES string of the molecule is C=CC.CCC(NC)C(=O)N[C@H](C=O)CCCCC1CC[C@@H](C/C=C/C(=O)c2ccccc2)N1. The number of hydrogen-bond donors (Lipinski definition) is 3. The lowest BCUT2D eigenvalue weighted by atomic mass is 10.0. The second-order valence-corrected chi connectivity index (χ2v) is 8.70. The number of likely N-dealkylation sites (N-methyl/N-ethyl adjacent to an activating group) is 1. The average Bonchev–Trinajstić information content (AvgIpc) is 3.30. The summed E-state index contributed by atoms with van der Waals surface area (Å²) in [6, 6.07) is 9.56. The second kappa shape index (κ2) is 17.8. The number of rotatable bonds is 14. The van der Waals surface area contributed by atoms with Gasteiger partial charge < -0.3 is 20.7 Å². The van der Waals surface area contributed by atoms with Crippen molar-refractivity contribution in [1.29, 1.82) is 0 Å². The van der Waals surface area contributed by atoms with E-state index in [0.717, 1.165) is 50.4 Å². The van der Waals surface area contributed by atoms with E-state index in [1.54, 1.807) is 19.2 Å². The molecule has 0 bridgehead atoms. The summed E-state index contributed by atoms with van der Waals surface area (Å²) in [5.74, 6) is -0.0619. The zero-order valence-corrected chi connectivity index (χ0v) is 21.1. The molecule has 188 valence electrons. The molecular weight excluding hydrogens is 426 g/mol. The molecule has 2 rings (SSSR count).